The molecule has 0 aliphatic rings. The molecule has 0 heterocycles. The van der Waals surface area contributed by atoms with Crippen LogP contribution in [-0.4, -0.2) is 24.7 Å². The highest BCUT2D eigenvalue weighted by molar-refractivity contribution is 4.75. The average molecular weight is 256 g/mol. The van der Waals surface area contributed by atoms with Gasteiger partial charge in [-0.25, -0.2) is 0 Å². The van der Waals surface area contributed by atoms with Crippen molar-refractivity contribution in [3.8, 4) is 0 Å². The zero-order chi connectivity index (χ0) is 14.4. The fourth-order valence-corrected chi connectivity index (χ4v) is 2.26. The van der Waals surface area contributed by atoms with Crippen molar-refractivity contribution in [3.05, 3.63) is 0 Å². The molecule has 2 heteroatoms. The maximum absolute atomic E-state index is 3.61. The molecular formula is C16H36N2. The van der Waals surface area contributed by atoms with Crippen LogP contribution in [0.25, 0.3) is 0 Å². The van der Waals surface area contributed by atoms with Gasteiger partial charge in [0, 0.05) is 18.1 Å². The summed E-state index contributed by atoms with van der Waals surface area (Å²) in [6.07, 6.45) is 2.58. The first-order valence-electron chi connectivity index (χ1n) is 7.48. The summed E-state index contributed by atoms with van der Waals surface area (Å²) in [6, 6.07) is 0.547. The molecule has 0 aromatic carbocycles. The second-order valence-corrected chi connectivity index (χ2v) is 8.14. The minimum Gasteiger partial charge on any atom is -0.313 e. The van der Waals surface area contributed by atoms with E-state index < -0.39 is 0 Å². The normalized spacial score (nSPS) is 16.7. The Morgan fingerprint density at radius 1 is 0.944 bits per heavy atom. The SMILES string of the molecule is CC(CCNC(C)CNC(C)(C)C)CC(C)(C)C. The Bertz CT molecular complexity index is 210. The highest BCUT2D eigenvalue weighted by Crippen LogP contribution is 2.25. The van der Waals surface area contributed by atoms with Crippen LogP contribution in [0.4, 0.5) is 0 Å². The third kappa shape index (κ3) is 12.4. The van der Waals surface area contributed by atoms with Crippen molar-refractivity contribution in [2.24, 2.45) is 11.3 Å². The first-order chi connectivity index (χ1) is 7.99. The first-order valence-corrected chi connectivity index (χ1v) is 7.48. The second kappa shape index (κ2) is 7.49. The molecule has 0 bridgehead atoms. The van der Waals surface area contributed by atoms with Gasteiger partial charge in [-0.1, -0.05) is 27.7 Å². The molecule has 2 nitrogen and oxygen atoms in total. The predicted octanol–water partition coefficient (Wildman–Crippen LogP) is 3.82. The maximum Gasteiger partial charge on any atom is 0.0164 e. The molecule has 110 valence electrons. The van der Waals surface area contributed by atoms with Gasteiger partial charge in [-0.05, 0) is 58.4 Å². The van der Waals surface area contributed by atoms with Gasteiger partial charge in [-0.15, -0.1) is 0 Å². The van der Waals surface area contributed by atoms with Gasteiger partial charge in [-0.2, -0.15) is 0 Å². The minimum atomic E-state index is 0.218. The van der Waals surface area contributed by atoms with Crippen LogP contribution >= 0.6 is 0 Å². The number of rotatable bonds is 7. The molecule has 0 aromatic rings. The second-order valence-electron chi connectivity index (χ2n) is 8.14. The van der Waals surface area contributed by atoms with Crippen LogP contribution in [0, 0.1) is 11.3 Å². The lowest BCUT2D eigenvalue weighted by atomic mass is 9.84. The highest BCUT2D eigenvalue weighted by Gasteiger charge is 2.15. The van der Waals surface area contributed by atoms with E-state index in [0.717, 1.165) is 19.0 Å². The summed E-state index contributed by atoms with van der Waals surface area (Å²) in [5.41, 5.74) is 0.675. The van der Waals surface area contributed by atoms with Gasteiger partial charge in [-0.3, -0.25) is 0 Å². The molecule has 0 fully saturated rings. The summed E-state index contributed by atoms with van der Waals surface area (Å²) >= 11 is 0. The van der Waals surface area contributed by atoms with Gasteiger partial charge >= 0.3 is 0 Å². The quantitative estimate of drug-likeness (QED) is 0.724. The molecule has 0 spiro atoms. The summed E-state index contributed by atoms with van der Waals surface area (Å²) in [7, 11) is 0. The Morgan fingerprint density at radius 2 is 1.50 bits per heavy atom. The van der Waals surface area contributed by atoms with Crippen LogP contribution in [0.3, 0.4) is 0 Å². The largest absolute Gasteiger partial charge is 0.313 e. The molecular weight excluding hydrogens is 220 g/mol. The molecule has 0 aliphatic heterocycles. The Hall–Kier alpha value is -0.0800. The molecule has 0 amide bonds. The summed E-state index contributed by atoms with van der Waals surface area (Å²) in [5.74, 6) is 0.806. The van der Waals surface area contributed by atoms with E-state index in [1.54, 1.807) is 0 Å². The van der Waals surface area contributed by atoms with E-state index in [1.165, 1.54) is 12.8 Å². The molecule has 2 N–H and O–H groups in total. The topological polar surface area (TPSA) is 24.1 Å². The highest BCUT2D eigenvalue weighted by atomic mass is 15.0. The standard InChI is InChI=1S/C16H36N2/c1-13(11-15(3,4)5)9-10-17-14(2)12-18-16(6,7)8/h13-14,17-18H,9-12H2,1-8H3. The fourth-order valence-electron chi connectivity index (χ4n) is 2.26. The molecule has 2 atom stereocenters. The van der Waals surface area contributed by atoms with Crippen molar-refractivity contribution in [3.63, 3.8) is 0 Å². The van der Waals surface area contributed by atoms with Crippen LogP contribution in [0.15, 0.2) is 0 Å². The van der Waals surface area contributed by atoms with Crippen LogP contribution in [0.5, 0.6) is 0 Å². The monoisotopic (exact) mass is 256 g/mol. The van der Waals surface area contributed by atoms with Crippen molar-refractivity contribution in [2.75, 3.05) is 13.1 Å². The Labute approximate surface area is 115 Å². The fraction of sp³-hybridized carbons (Fsp3) is 1.00. The Morgan fingerprint density at radius 3 is 1.94 bits per heavy atom. The molecule has 18 heavy (non-hydrogen) atoms. The van der Waals surface area contributed by atoms with Gasteiger partial charge in [0.05, 0.1) is 0 Å². The summed E-state index contributed by atoms with van der Waals surface area (Å²) in [5, 5.41) is 7.14. The smallest absolute Gasteiger partial charge is 0.0164 e. The zero-order valence-corrected chi connectivity index (χ0v) is 14.0. The van der Waals surface area contributed by atoms with Gasteiger partial charge in [0.1, 0.15) is 0 Å². The summed E-state index contributed by atoms with van der Waals surface area (Å²) < 4.78 is 0. The molecule has 0 radical (unpaired) electrons. The van der Waals surface area contributed by atoms with Gasteiger partial charge in [0.25, 0.3) is 0 Å². The van der Waals surface area contributed by atoms with E-state index in [-0.39, 0.29) is 5.54 Å². The first kappa shape index (κ1) is 17.9. The molecule has 2 unspecified atom stereocenters. The van der Waals surface area contributed by atoms with Gasteiger partial charge in [0.2, 0.25) is 0 Å². The molecule has 0 saturated heterocycles. The third-order valence-electron chi connectivity index (χ3n) is 3.03. The number of nitrogens with one attached hydrogen (secondary N) is 2. The van der Waals surface area contributed by atoms with Crippen molar-refractivity contribution in [1.82, 2.24) is 10.6 Å². The average Bonchev–Trinajstić information content (AvgIpc) is 2.10. The Kier molecular flexibility index (Phi) is 7.46. The maximum atomic E-state index is 3.61. The van der Waals surface area contributed by atoms with Crippen LogP contribution in [-0.2, 0) is 0 Å². The van der Waals surface area contributed by atoms with Crippen LogP contribution < -0.4 is 10.6 Å². The van der Waals surface area contributed by atoms with E-state index in [4.69, 9.17) is 0 Å². The van der Waals surface area contributed by atoms with Crippen LogP contribution in [0.2, 0.25) is 0 Å². The van der Waals surface area contributed by atoms with E-state index in [9.17, 15) is 0 Å². The number of hydrogen-bond donors (Lipinski definition) is 2. The third-order valence-corrected chi connectivity index (χ3v) is 3.03. The summed E-state index contributed by atoms with van der Waals surface area (Å²) in [6.45, 7) is 20.4. The van der Waals surface area contributed by atoms with E-state index in [2.05, 4.69) is 66.0 Å². The van der Waals surface area contributed by atoms with Crippen LogP contribution in [0.1, 0.15) is 68.2 Å². The van der Waals surface area contributed by atoms with Gasteiger partial charge in [0.15, 0.2) is 0 Å². The molecule has 0 rings (SSSR count). The lowest BCUT2D eigenvalue weighted by Crippen LogP contribution is -2.44. The van der Waals surface area contributed by atoms with Crippen molar-refractivity contribution in [1.29, 1.82) is 0 Å². The predicted molar refractivity (Wildman–Crippen MR) is 83.1 cm³/mol. The Balaban J connectivity index is 3.65. The van der Waals surface area contributed by atoms with Crippen molar-refractivity contribution >= 4 is 0 Å². The molecule has 0 saturated carbocycles. The minimum absolute atomic E-state index is 0.218. The van der Waals surface area contributed by atoms with E-state index in [0.29, 0.717) is 11.5 Å². The van der Waals surface area contributed by atoms with E-state index in [1.807, 2.05) is 0 Å². The zero-order valence-electron chi connectivity index (χ0n) is 14.0. The molecule has 0 aliphatic carbocycles. The van der Waals surface area contributed by atoms with Gasteiger partial charge < -0.3 is 10.6 Å². The van der Waals surface area contributed by atoms with Crippen molar-refractivity contribution < 1.29 is 0 Å². The lowest BCUT2D eigenvalue weighted by molar-refractivity contribution is 0.291. The summed E-state index contributed by atoms with van der Waals surface area (Å²) in [4.78, 5) is 0. The number of hydrogen-bond acceptors (Lipinski definition) is 2. The van der Waals surface area contributed by atoms with Crippen molar-refractivity contribution in [2.45, 2.75) is 79.8 Å². The lowest BCUT2D eigenvalue weighted by Gasteiger charge is -2.26. The van der Waals surface area contributed by atoms with E-state index >= 15 is 0 Å². The molecule has 0 aromatic heterocycles.